The Labute approximate surface area is 190 Å². The highest BCUT2D eigenvalue weighted by Crippen LogP contribution is 2.33. The van der Waals surface area contributed by atoms with Gasteiger partial charge in [-0.05, 0) is 25.0 Å². The minimum absolute atomic E-state index is 0.0107. The van der Waals surface area contributed by atoms with Crippen LogP contribution < -0.4 is 5.56 Å². The van der Waals surface area contributed by atoms with Gasteiger partial charge < -0.3 is 14.8 Å². The van der Waals surface area contributed by atoms with Crippen LogP contribution in [0.25, 0.3) is 16.6 Å². The molecule has 0 bridgehead atoms. The van der Waals surface area contributed by atoms with Crippen molar-refractivity contribution in [1.82, 2.24) is 24.2 Å². The molecule has 2 amide bonds. The number of aromatic nitrogens is 3. The Morgan fingerprint density at radius 2 is 1.72 bits per heavy atom. The van der Waals surface area contributed by atoms with Crippen LogP contribution in [0.2, 0.25) is 5.02 Å². The van der Waals surface area contributed by atoms with Crippen molar-refractivity contribution in [3.8, 4) is 0 Å². The molecule has 0 spiro atoms. The average Bonchev–Trinajstić information content (AvgIpc) is 3.26. The lowest BCUT2D eigenvalue weighted by Crippen LogP contribution is -2.50. The second kappa shape index (κ2) is 8.24. The summed E-state index contributed by atoms with van der Waals surface area (Å²) in [4.78, 5) is 48.5. The molecular formula is C23H26ClN5O3. The van der Waals surface area contributed by atoms with Gasteiger partial charge in [0.2, 0.25) is 5.91 Å². The van der Waals surface area contributed by atoms with E-state index in [9.17, 15) is 14.4 Å². The topological polar surface area (TPSA) is 90.8 Å². The number of aromatic amines is 1. The van der Waals surface area contributed by atoms with Crippen molar-refractivity contribution >= 4 is 40.0 Å². The predicted octanol–water partition coefficient (Wildman–Crippen LogP) is 3.18. The van der Waals surface area contributed by atoms with Gasteiger partial charge in [-0.3, -0.25) is 18.8 Å². The summed E-state index contributed by atoms with van der Waals surface area (Å²) < 4.78 is 1.91. The number of rotatable bonds is 2. The van der Waals surface area contributed by atoms with Gasteiger partial charge in [0.05, 0.1) is 27.8 Å². The zero-order valence-corrected chi connectivity index (χ0v) is 18.8. The summed E-state index contributed by atoms with van der Waals surface area (Å²) in [6.45, 7) is 3.45. The van der Waals surface area contributed by atoms with Gasteiger partial charge in [-0.15, -0.1) is 0 Å². The first-order chi connectivity index (χ1) is 15.4. The van der Waals surface area contributed by atoms with Crippen molar-refractivity contribution in [3.05, 3.63) is 45.1 Å². The SMILES string of the molecule is CC(=O)N1CCN(C(=O)c2cc3[nH]c(=O)c4cnc(C5CCCCC5)n4c3cc2Cl)CC1. The second-order valence-electron chi connectivity index (χ2n) is 8.77. The highest BCUT2D eigenvalue weighted by Gasteiger charge is 2.26. The van der Waals surface area contributed by atoms with Crippen molar-refractivity contribution in [2.45, 2.75) is 44.9 Å². The van der Waals surface area contributed by atoms with Gasteiger partial charge in [-0.1, -0.05) is 30.9 Å². The number of carbonyl (C=O) groups is 2. The summed E-state index contributed by atoms with van der Waals surface area (Å²) >= 11 is 6.60. The molecule has 3 aromatic rings. The van der Waals surface area contributed by atoms with Crippen molar-refractivity contribution in [2.75, 3.05) is 26.2 Å². The van der Waals surface area contributed by atoms with Crippen molar-refractivity contribution in [2.24, 2.45) is 0 Å². The molecule has 3 heterocycles. The maximum Gasteiger partial charge on any atom is 0.274 e. The van der Waals surface area contributed by atoms with E-state index in [-0.39, 0.29) is 17.4 Å². The van der Waals surface area contributed by atoms with Crippen LogP contribution in [0.5, 0.6) is 0 Å². The molecule has 32 heavy (non-hydrogen) atoms. The van der Waals surface area contributed by atoms with E-state index in [0.29, 0.717) is 53.7 Å². The van der Waals surface area contributed by atoms with Crippen molar-refractivity contribution in [3.63, 3.8) is 0 Å². The van der Waals surface area contributed by atoms with E-state index in [4.69, 9.17) is 11.6 Å². The Kier molecular flexibility index (Phi) is 5.41. The minimum atomic E-state index is -0.233. The highest BCUT2D eigenvalue weighted by atomic mass is 35.5. The summed E-state index contributed by atoms with van der Waals surface area (Å²) in [5.41, 5.74) is 1.93. The summed E-state index contributed by atoms with van der Waals surface area (Å²) in [6.07, 6.45) is 7.31. The normalized spacial score (nSPS) is 17.9. The third-order valence-electron chi connectivity index (χ3n) is 6.81. The fourth-order valence-corrected chi connectivity index (χ4v) is 5.26. The van der Waals surface area contributed by atoms with E-state index in [0.717, 1.165) is 37.0 Å². The van der Waals surface area contributed by atoms with E-state index in [1.807, 2.05) is 4.40 Å². The smallest absolute Gasteiger partial charge is 0.274 e. The number of H-pyrrole nitrogens is 1. The number of nitrogens with zero attached hydrogens (tertiary/aromatic N) is 4. The van der Waals surface area contributed by atoms with Gasteiger partial charge in [0.15, 0.2) is 0 Å². The molecule has 2 aliphatic rings. The Balaban J connectivity index is 1.55. The molecule has 1 saturated heterocycles. The second-order valence-corrected chi connectivity index (χ2v) is 9.18. The molecule has 1 N–H and O–H groups in total. The number of nitrogens with one attached hydrogen (secondary N) is 1. The van der Waals surface area contributed by atoms with E-state index < -0.39 is 0 Å². The fourth-order valence-electron chi connectivity index (χ4n) is 5.02. The zero-order valence-electron chi connectivity index (χ0n) is 18.1. The summed E-state index contributed by atoms with van der Waals surface area (Å²) in [5.74, 6) is 1.02. The molecule has 1 aliphatic carbocycles. The van der Waals surface area contributed by atoms with Gasteiger partial charge in [0, 0.05) is 39.0 Å². The molecule has 2 aromatic heterocycles. The molecule has 5 rings (SSSR count). The summed E-state index contributed by atoms with van der Waals surface area (Å²) in [7, 11) is 0. The largest absolute Gasteiger partial charge is 0.339 e. The van der Waals surface area contributed by atoms with Gasteiger partial charge in [0.1, 0.15) is 11.3 Å². The molecule has 1 saturated carbocycles. The molecule has 0 unspecified atom stereocenters. The molecule has 0 atom stereocenters. The lowest BCUT2D eigenvalue weighted by atomic mass is 9.89. The molecule has 168 valence electrons. The van der Waals surface area contributed by atoms with E-state index in [1.165, 1.54) is 13.3 Å². The van der Waals surface area contributed by atoms with Crippen LogP contribution >= 0.6 is 11.6 Å². The number of amides is 2. The lowest BCUT2D eigenvalue weighted by Gasteiger charge is -2.34. The number of benzene rings is 1. The molecule has 8 nitrogen and oxygen atoms in total. The third-order valence-corrected chi connectivity index (χ3v) is 7.12. The standard InChI is InChI=1S/C23H26ClN5O3/c1-14(30)27-7-9-28(10-8-27)23(32)16-11-18-19(12-17(16)24)29-20(22(31)26-18)13-25-21(29)15-5-3-2-4-6-15/h11-13,15H,2-10H2,1H3,(H,26,31). The molecule has 2 fully saturated rings. The summed E-state index contributed by atoms with van der Waals surface area (Å²) in [5, 5.41) is 0.341. The number of fused-ring (bicyclic) bond motifs is 3. The average molecular weight is 456 g/mol. The van der Waals surface area contributed by atoms with Gasteiger partial charge in [-0.2, -0.15) is 0 Å². The quantitative estimate of drug-likeness (QED) is 0.642. The van der Waals surface area contributed by atoms with Crippen LogP contribution in [-0.4, -0.2) is 62.2 Å². The van der Waals surface area contributed by atoms with Crippen molar-refractivity contribution in [1.29, 1.82) is 0 Å². The van der Waals surface area contributed by atoms with Crippen LogP contribution in [-0.2, 0) is 4.79 Å². The number of hydrogen-bond donors (Lipinski definition) is 1. The van der Waals surface area contributed by atoms with E-state index in [1.54, 1.807) is 28.1 Å². The van der Waals surface area contributed by atoms with Crippen LogP contribution in [0.3, 0.4) is 0 Å². The predicted molar refractivity (Wildman–Crippen MR) is 122 cm³/mol. The number of hydrogen-bond acceptors (Lipinski definition) is 4. The minimum Gasteiger partial charge on any atom is -0.339 e. The van der Waals surface area contributed by atoms with Gasteiger partial charge in [0.25, 0.3) is 11.5 Å². The van der Waals surface area contributed by atoms with Gasteiger partial charge >= 0.3 is 0 Å². The Morgan fingerprint density at radius 3 is 2.41 bits per heavy atom. The monoisotopic (exact) mass is 455 g/mol. The first kappa shape index (κ1) is 21.0. The molecular weight excluding hydrogens is 430 g/mol. The van der Waals surface area contributed by atoms with E-state index in [2.05, 4.69) is 9.97 Å². The molecule has 0 radical (unpaired) electrons. The zero-order chi connectivity index (χ0) is 22.4. The maximum atomic E-state index is 13.2. The van der Waals surface area contributed by atoms with Crippen molar-refractivity contribution < 1.29 is 9.59 Å². The summed E-state index contributed by atoms with van der Waals surface area (Å²) in [6, 6.07) is 3.43. The number of piperazine rings is 1. The number of imidazole rings is 1. The highest BCUT2D eigenvalue weighted by molar-refractivity contribution is 6.34. The first-order valence-electron chi connectivity index (χ1n) is 11.2. The van der Waals surface area contributed by atoms with Crippen LogP contribution in [0.4, 0.5) is 0 Å². The van der Waals surface area contributed by atoms with Crippen LogP contribution in [0.1, 0.15) is 61.1 Å². The van der Waals surface area contributed by atoms with Gasteiger partial charge in [-0.25, -0.2) is 4.98 Å². The Bertz CT molecular complexity index is 1270. The third kappa shape index (κ3) is 3.56. The van der Waals surface area contributed by atoms with E-state index >= 15 is 0 Å². The van der Waals surface area contributed by atoms with Crippen LogP contribution in [0, 0.1) is 0 Å². The Morgan fingerprint density at radius 1 is 1.03 bits per heavy atom. The number of halogens is 1. The number of carbonyl (C=O) groups excluding carboxylic acids is 2. The fraction of sp³-hybridized carbons (Fsp3) is 0.478. The lowest BCUT2D eigenvalue weighted by molar-refractivity contribution is -0.130. The van der Waals surface area contributed by atoms with Crippen LogP contribution in [0.15, 0.2) is 23.1 Å². The Hall–Kier alpha value is -2.87. The molecule has 9 heteroatoms. The first-order valence-corrected chi connectivity index (χ1v) is 11.6. The molecule has 1 aromatic carbocycles. The molecule has 1 aliphatic heterocycles. The maximum absolute atomic E-state index is 13.2.